The second kappa shape index (κ2) is 10.7. The van der Waals surface area contributed by atoms with E-state index in [2.05, 4.69) is 26.1 Å². The lowest BCUT2D eigenvalue weighted by molar-refractivity contribution is -0.125. The van der Waals surface area contributed by atoms with E-state index in [-0.39, 0.29) is 27.3 Å². The lowest BCUT2D eigenvalue weighted by atomic mass is 9.65. The first-order chi connectivity index (χ1) is 19.3. The number of anilines is 1. The van der Waals surface area contributed by atoms with Crippen LogP contribution < -0.4 is 5.32 Å². The zero-order valence-corrected chi connectivity index (χ0v) is 25.1. The van der Waals surface area contributed by atoms with Crippen molar-refractivity contribution in [1.29, 1.82) is 0 Å². The van der Waals surface area contributed by atoms with Crippen LogP contribution in [0, 0.1) is 24.7 Å². The predicted molar refractivity (Wildman–Crippen MR) is 159 cm³/mol. The number of hydrogen-bond donors (Lipinski definition) is 1. The van der Waals surface area contributed by atoms with Gasteiger partial charge in [0.25, 0.3) is 5.91 Å². The Morgan fingerprint density at radius 1 is 0.951 bits per heavy atom. The van der Waals surface area contributed by atoms with Gasteiger partial charge in [0.05, 0.1) is 10.5 Å². The smallest absolute Gasteiger partial charge is 0.339 e. The molecule has 1 amide bonds. The molecule has 7 nitrogen and oxygen atoms in total. The molecular formula is C33H38N2O5S. The van der Waals surface area contributed by atoms with E-state index in [1.165, 1.54) is 18.2 Å². The first-order valence-electron chi connectivity index (χ1n) is 14.0. The number of amides is 1. The SMILES string of the molecule is Cc1ccc(C)c(NC(=O)[C@@H](OC(=O)c2cccc(S(=O)(=O)N3C[C@@]4(C)C[C@H]3CC(C)(C)C4)c2)c2ccccc2)c1. The number of ether oxygens (including phenoxy) is 1. The molecule has 2 bridgehead atoms. The van der Waals surface area contributed by atoms with E-state index >= 15 is 0 Å². The van der Waals surface area contributed by atoms with Crippen molar-refractivity contribution in [1.82, 2.24) is 4.31 Å². The van der Waals surface area contributed by atoms with Crippen molar-refractivity contribution in [3.05, 3.63) is 95.1 Å². The minimum absolute atomic E-state index is 0.0528. The number of esters is 1. The summed E-state index contributed by atoms with van der Waals surface area (Å²) >= 11 is 0. The Bertz CT molecular complexity index is 1580. The van der Waals surface area contributed by atoms with Crippen molar-refractivity contribution in [3.63, 3.8) is 0 Å². The molecular weight excluding hydrogens is 536 g/mol. The number of carbonyl (C=O) groups excluding carboxylic acids is 2. The molecule has 1 saturated heterocycles. The number of carbonyl (C=O) groups is 2. The van der Waals surface area contributed by atoms with Crippen molar-refractivity contribution >= 4 is 27.6 Å². The highest BCUT2D eigenvalue weighted by atomic mass is 32.2. The van der Waals surface area contributed by atoms with Crippen molar-refractivity contribution < 1.29 is 22.7 Å². The molecule has 41 heavy (non-hydrogen) atoms. The molecule has 1 saturated carbocycles. The Hall–Kier alpha value is -3.49. The zero-order valence-electron chi connectivity index (χ0n) is 24.3. The fraction of sp³-hybridized carbons (Fsp3) is 0.394. The monoisotopic (exact) mass is 574 g/mol. The summed E-state index contributed by atoms with van der Waals surface area (Å²) in [6.07, 6.45) is 1.38. The standard InChI is InChI=1S/C33H38N2O5S/c1-22-14-15-23(2)28(16-22)34-30(36)29(24-10-7-6-8-11-24)40-31(37)25-12-9-13-27(17-25)41(38,39)35-21-33(5)19-26(35)18-32(3,4)20-33/h6-17,26,29H,18-21H2,1-5H3,(H,34,36)/t26-,29+,33+/m1/s1. The van der Waals surface area contributed by atoms with Crippen LogP contribution in [0.3, 0.4) is 0 Å². The summed E-state index contributed by atoms with van der Waals surface area (Å²) in [7, 11) is -3.84. The van der Waals surface area contributed by atoms with Crippen LogP contribution >= 0.6 is 0 Å². The quantitative estimate of drug-likeness (QED) is 0.328. The summed E-state index contributed by atoms with van der Waals surface area (Å²) in [5, 5.41) is 2.89. The van der Waals surface area contributed by atoms with E-state index in [1.54, 1.807) is 34.6 Å². The van der Waals surface area contributed by atoms with Gasteiger partial charge in [0.2, 0.25) is 16.1 Å². The van der Waals surface area contributed by atoms with Gasteiger partial charge in [-0.05, 0) is 79.3 Å². The second-order valence-electron chi connectivity index (χ2n) is 12.8. The van der Waals surface area contributed by atoms with Gasteiger partial charge < -0.3 is 10.1 Å². The number of aryl methyl sites for hydroxylation is 2. The third-order valence-corrected chi connectivity index (χ3v) is 10.2. The number of hydrogen-bond acceptors (Lipinski definition) is 5. The second-order valence-corrected chi connectivity index (χ2v) is 14.7. The average molecular weight is 575 g/mol. The van der Waals surface area contributed by atoms with Gasteiger partial charge in [0, 0.05) is 23.8 Å². The van der Waals surface area contributed by atoms with Crippen molar-refractivity contribution in [2.45, 2.75) is 70.9 Å². The van der Waals surface area contributed by atoms with Gasteiger partial charge in [0.15, 0.2) is 0 Å². The van der Waals surface area contributed by atoms with Crippen molar-refractivity contribution in [3.8, 4) is 0 Å². The number of fused-ring (bicyclic) bond motifs is 2. The molecule has 3 aromatic rings. The average Bonchev–Trinajstić information content (AvgIpc) is 3.18. The van der Waals surface area contributed by atoms with Gasteiger partial charge in [-0.15, -0.1) is 0 Å². The molecule has 5 rings (SSSR count). The molecule has 8 heteroatoms. The number of benzene rings is 3. The van der Waals surface area contributed by atoms with E-state index in [9.17, 15) is 18.0 Å². The summed E-state index contributed by atoms with van der Waals surface area (Å²) in [6, 6.07) is 20.4. The van der Waals surface area contributed by atoms with Crippen LogP contribution in [0.15, 0.2) is 77.7 Å². The minimum atomic E-state index is -3.84. The van der Waals surface area contributed by atoms with Crippen LogP contribution in [0.2, 0.25) is 0 Å². The molecule has 1 aliphatic heterocycles. The molecule has 2 fully saturated rings. The highest BCUT2D eigenvalue weighted by Crippen LogP contribution is 2.53. The van der Waals surface area contributed by atoms with Crippen LogP contribution in [0.4, 0.5) is 5.69 Å². The van der Waals surface area contributed by atoms with Gasteiger partial charge in [-0.2, -0.15) is 4.31 Å². The van der Waals surface area contributed by atoms with Crippen molar-refractivity contribution in [2.75, 3.05) is 11.9 Å². The van der Waals surface area contributed by atoms with E-state index in [0.29, 0.717) is 17.8 Å². The maximum atomic E-state index is 13.8. The third kappa shape index (κ3) is 6.09. The number of rotatable bonds is 7. The summed E-state index contributed by atoms with van der Waals surface area (Å²) in [5.74, 6) is -1.28. The Labute approximate surface area is 243 Å². The minimum Gasteiger partial charge on any atom is -0.444 e. The topological polar surface area (TPSA) is 92.8 Å². The lowest BCUT2D eigenvalue weighted by Gasteiger charge is -2.39. The van der Waals surface area contributed by atoms with Gasteiger partial charge in [-0.1, -0.05) is 69.3 Å². The number of nitrogens with zero attached hydrogens (tertiary/aromatic N) is 1. The Morgan fingerprint density at radius 3 is 2.41 bits per heavy atom. The molecule has 3 aromatic carbocycles. The molecule has 0 aromatic heterocycles. The molecule has 2 aliphatic rings. The van der Waals surface area contributed by atoms with Gasteiger partial charge in [-0.3, -0.25) is 4.79 Å². The van der Waals surface area contributed by atoms with Crippen LogP contribution in [-0.2, 0) is 19.6 Å². The maximum Gasteiger partial charge on any atom is 0.339 e. The Kier molecular flexibility index (Phi) is 7.59. The van der Waals surface area contributed by atoms with Crippen LogP contribution in [0.1, 0.15) is 73.2 Å². The predicted octanol–water partition coefficient (Wildman–Crippen LogP) is 6.43. The third-order valence-electron chi connectivity index (χ3n) is 8.26. The van der Waals surface area contributed by atoms with Gasteiger partial charge in [0.1, 0.15) is 0 Å². The normalized spacial score (nSPS) is 22.6. The molecule has 0 radical (unpaired) electrons. The maximum absolute atomic E-state index is 13.8. The Morgan fingerprint density at radius 2 is 1.68 bits per heavy atom. The lowest BCUT2D eigenvalue weighted by Crippen LogP contribution is -2.37. The fourth-order valence-electron chi connectivity index (χ4n) is 6.75. The van der Waals surface area contributed by atoms with E-state index < -0.39 is 28.0 Å². The highest BCUT2D eigenvalue weighted by molar-refractivity contribution is 7.89. The van der Waals surface area contributed by atoms with Crippen molar-refractivity contribution in [2.24, 2.45) is 10.8 Å². The molecule has 216 valence electrons. The molecule has 1 aliphatic carbocycles. The van der Waals surface area contributed by atoms with Gasteiger partial charge in [-0.25, -0.2) is 13.2 Å². The van der Waals surface area contributed by atoms with Crippen LogP contribution in [0.25, 0.3) is 0 Å². The van der Waals surface area contributed by atoms with E-state index in [4.69, 9.17) is 4.74 Å². The molecule has 1 N–H and O–H groups in total. The van der Waals surface area contributed by atoms with Crippen LogP contribution in [-0.4, -0.2) is 37.2 Å². The Balaban J connectivity index is 1.40. The van der Waals surface area contributed by atoms with Gasteiger partial charge >= 0.3 is 5.97 Å². The molecule has 0 unspecified atom stereocenters. The summed E-state index contributed by atoms with van der Waals surface area (Å²) < 4.78 is 35.1. The number of nitrogens with one attached hydrogen (secondary N) is 1. The summed E-state index contributed by atoms with van der Waals surface area (Å²) in [6.45, 7) is 10.8. The molecule has 3 atom stereocenters. The first kappa shape index (κ1) is 29.0. The highest BCUT2D eigenvalue weighted by Gasteiger charge is 2.53. The molecule has 1 heterocycles. The van der Waals surface area contributed by atoms with E-state index in [1.807, 2.05) is 38.1 Å². The largest absolute Gasteiger partial charge is 0.444 e. The summed E-state index contributed by atoms with van der Waals surface area (Å²) in [5.41, 5.74) is 3.07. The molecule has 0 spiro atoms. The number of sulfonamides is 1. The fourth-order valence-corrected chi connectivity index (χ4v) is 8.57. The summed E-state index contributed by atoms with van der Waals surface area (Å²) in [4.78, 5) is 26.9. The van der Waals surface area contributed by atoms with Crippen LogP contribution in [0.5, 0.6) is 0 Å². The first-order valence-corrected chi connectivity index (χ1v) is 15.5. The zero-order chi connectivity index (χ0) is 29.6. The van der Waals surface area contributed by atoms with E-state index in [0.717, 1.165) is 30.4 Å².